The van der Waals surface area contributed by atoms with Crippen molar-refractivity contribution in [3.63, 3.8) is 0 Å². The zero-order chi connectivity index (χ0) is 13.0. The van der Waals surface area contributed by atoms with Crippen LogP contribution in [-0.4, -0.2) is 17.1 Å². The Morgan fingerprint density at radius 1 is 1.33 bits per heavy atom. The van der Waals surface area contributed by atoms with Crippen LogP contribution in [0.3, 0.4) is 0 Å². The average Bonchev–Trinajstić information content (AvgIpc) is 2.66. The largest absolute Gasteiger partial charge is 0.362 e. The predicted molar refractivity (Wildman–Crippen MR) is 72.5 cm³/mol. The van der Waals surface area contributed by atoms with E-state index in [9.17, 15) is 4.79 Å². The van der Waals surface area contributed by atoms with Crippen molar-refractivity contribution in [3.8, 4) is 0 Å². The lowest BCUT2D eigenvalue weighted by Crippen LogP contribution is -2.42. The Hall–Kier alpha value is -1.45. The maximum atomic E-state index is 11.8. The Morgan fingerprint density at radius 2 is 2.06 bits per heavy atom. The van der Waals surface area contributed by atoms with Crippen molar-refractivity contribution >= 4 is 6.03 Å². The molecule has 1 aliphatic rings. The molecule has 0 unspecified atom stereocenters. The van der Waals surface area contributed by atoms with Crippen LogP contribution in [0.4, 0.5) is 4.79 Å². The molecule has 2 rings (SSSR count). The van der Waals surface area contributed by atoms with Crippen molar-refractivity contribution in [2.24, 2.45) is 0 Å². The maximum absolute atomic E-state index is 11.8. The smallest absolute Gasteiger partial charge is 0.315 e. The molecule has 18 heavy (non-hydrogen) atoms. The molecular weight excluding hydrogens is 226 g/mol. The van der Waals surface area contributed by atoms with Crippen LogP contribution in [0, 0.1) is 13.8 Å². The van der Waals surface area contributed by atoms with E-state index in [2.05, 4.69) is 21.7 Å². The van der Waals surface area contributed by atoms with Crippen LogP contribution in [0.15, 0.2) is 6.07 Å². The van der Waals surface area contributed by atoms with Gasteiger partial charge in [0, 0.05) is 24.0 Å². The summed E-state index contributed by atoms with van der Waals surface area (Å²) < 4.78 is 0. The van der Waals surface area contributed by atoms with E-state index in [-0.39, 0.29) is 6.03 Å². The Bertz CT molecular complexity index is 405. The van der Waals surface area contributed by atoms with E-state index in [1.165, 1.54) is 19.3 Å². The first-order valence-electron chi connectivity index (χ1n) is 6.84. The van der Waals surface area contributed by atoms with Gasteiger partial charge in [0.2, 0.25) is 0 Å². The fourth-order valence-electron chi connectivity index (χ4n) is 2.62. The fourth-order valence-corrected chi connectivity index (χ4v) is 2.62. The normalized spacial score (nSPS) is 16.6. The summed E-state index contributed by atoms with van der Waals surface area (Å²) in [6, 6.07) is 2.41. The van der Waals surface area contributed by atoms with Gasteiger partial charge in [0.15, 0.2) is 0 Å². The third kappa shape index (κ3) is 3.52. The molecule has 4 heteroatoms. The standard InChI is InChI=1S/C14H23N3O/c1-10-8-12(11(2)16-10)9-15-14(18)17-13-6-4-3-5-7-13/h8,13,16H,3-7,9H2,1-2H3,(H2,15,17,18). The third-order valence-electron chi connectivity index (χ3n) is 3.64. The summed E-state index contributed by atoms with van der Waals surface area (Å²) in [4.78, 5) is 15.0. The lowest BCUT2D eigenvalue weighted by molar-refractivity contribution is 0.232. The van der Waals surface area contributed by atoms with Gasteiger partial charge in [0.1, 0.15) is 0 Å². The first kappa shape index (κ1) is 13.0. The molecule has 1 fully saturated rings. The van der Waals surface area contributed by atoms with Crippen LogP contribution in [0.5, 0.6) is 0 Å². The Kier molecular flexibility index (Phi) is 4.28. The molecule has 1 aliphatic carbocycles. The number of nitrogens with one attached hydrogen (secondary N) is 3. The number of hydrogen-bond donors (Lipinski definition) is 3. The topological polar surface area (TPSA) is 56.9 Å². The highest BCUT2D eigenvalue weighted by atomic mass is 16.2. The summed E-state index contributed by atoms with van der Waals surface area (Å²) in [7, 11) is 0. The fraction of sp³-hybridized carbons (Fsp3) is 0.643. The molecule has 3 N–H and O–H groups in total. The van der Waals surface area contributed by atoms with E-state index in [1.54, 1.807) is 0 Å². The van der Waals surface area contributed by atoms with E-state index < -0.39 is 0 Å². The quantitative estimate of drug-likeness (QED) is 0.758. The molecule has 0 aromatic carbocycles. The Labute approximate surface area is 109 Å². The SMILES string of the molecule is Cc1cc(CNC(=O)NC2CCCCC2)c(C)[nH]1. The first-order valence-corrected chi connectivity index (χ1v) is 6.84. The van der Waals surface area contributed by atoms with Gasteiger partial charge in [-0.15, -0.1) is 0 Å². The number of H-pyrrole nitrogens is 1. The Morgan fingerprint density at radius 3 is 2.67 bits per heavy atom. The summed E-state index contributed by atoms with van der Waals surface area (Å²) in [6.45, 7) is 4.65. The van der Waals surface area contributed by atoms with Crippen LogP contribution in [0.1, 0.15) is 49.1 Å². The third-order valence-corrected chi connectivity index (χ3v) is 3.64. The number of carbonyl (C=O) groups is 1. The molecule has 1 heterocycles. The van der Waals surface area contributed by atoms with Gasteiger partial charge in [-0.25, -0.2) is 4.79 Å². The van der Waals surface area contributed by atoms with Gasteiger partial charge in [0.05, 0.1) is 0 Å². The van der Waals surface area contributed by atoms with E-state index >= 15 is 0 Å². The van der Waals surface area contributed by atoms with Crippen LogP contribution in [0.25, 0.3) is 0 Å². The number of carbonyl (C=O) groups excluding carboxylic acids is 1. The highest BCUT2D eigenvalue weighted by Crippen LogP contribution is 2.17. The second-order valence-electron chi connectivity index (χ2n) is 5.26. The minimum absolute atomic E-state index is 0.0415. The summed E-state index contributed by atoms with van der Waals surface area (Å²) >= 11 is 0. The van der Waals surface area contributed by atoms with Crippen molar-refractivity contribution in [2.75, 3.05) is 0 Å². The molecule has 0 bridgehead atoms. The van der Waals surface area contributed by atoms with Crippen molar-refractivity contribution in [1.29, 1.82) is 0 Å². The molecule has 1 aromatic rings. The number of amides is 2. The lowest BCUT2D eigenvalue weighted by Gasteiger charge is -2.22. The molecule has 100 valence electrons. The summed E-state index contributed by atoms with van der Waals surface area (Å²) in [5.74, 6) is 0. The molecule has 0 radical (unpaired) electrons. The van der Waals surface area contributed by atoms with E-state index in [0.29, 0.717) is 12.6 Å². The number of hydrogen-bond acceptors (Lipinski definition) is 1. The van der Waals surface area contributed by atoms with Gasteiger partial charge in [-0.3, -0.25) is 0 Å². The number of aromatic amines is 1. The van der Waals surface area contributed by atoms with Crippen molar-refractivity contribution in [3.05, 3.63) is 23.0 Å². The molecule has 4 nitrogen and oxygen atoms in total. The van der Waals surface area contributed by atoms with E-state index in [1.807, 2.05) is 13.8 Å². The maximum Gasteiger partial charge on any atom is 0.315 e. The van der Waals surface area contributed by atoms with Crippen LogP contribution in [-0.2, 0) is 6.54 Å². The van der Waals surface area contributed by atoms with Crippen LogP contribution < -0.4 is 10.6 Å². The summed E-state index contributed by atoms with van der Waals surface area (Å²) in [5.41, 5.74) is 3.42. The molecule has 0 spiro atoms. The molecule has 0 atom stereocenters. The number of aryl methyl sites for hydroxylation is 2. The Balaban J connectivity index is 1.75. The van der Waals surface area contributed by atoms with Crippen LogP contribution in [0.2, 0.25) is 0 Å². The predicted octanol–water partition coefficient (Wildman–Crippen LogP) is 2.76. The molecule has 1 saturated carbocycles. The minimum Gasteiger partial charge on any atom is -0.362 e. The summed E-state index contributed by atoms with van der Waals surface area (Å²) in [6.07, 6.45) is 6.02. The van der Waals surface area contributed by atoms with E-state index in [4.69, 9.17) is 0 Å². The molecule has 2 amide bonds. The average molecular weight is 249 g/mol. The highest BCUT2D eigenvalue weighted by molar-refractivity contribution is 5.74. The van der Waals surface area contributed by atoms with Gasteiger partial charge in [-0.2, -0.15) is 0 Å². The molecule has 1 aromatic heterocycles. The zero-order valence-electron chi connectivity index (χ0n) is 11.3. The summed E-state index contributed by atoms with van der Waals surface area (Å²) in [5, 5.41) is 5.99. The number of urea groups is 1. The lowest BCUT2D eigenvalue weighted by atomic mass is 9.96. The first-order chi connectivity index (χ1) is 8.65. The van der Waals surface area contributed by atoms with Crippen LogP contribution >= 0.6 is 0 Å². The molecule has 0 aliphatic heterocycles. The van der Waals surface area contributed by atoms with Gasteiger partial charge < -0.3 is 15.6 Å². The monoisotopic (exact) mass is 249 g/mol. The van der Waals surface area contributed by atoms with Crippen molar-refractivity contribution in [2.45, 2.75) is 58.5 Å². The number of aromatic nitrogens is 1. The molecular formula is C14H23N3O. The van der Waals surface area contributed by atoms with Gasteiger partial charge in [0.25, 0.3) is 0 Å². The second-order valence-corrected chi connectivity index (χ2v) is 5.26. The van der Waals surface area contributed by atoms with Gasteiger partial charge in [-0.05, 0) is 38.3 Å². The van der Waals surface area contributed by atoms with Crippen molar-refractivity contribution in [1.82, 2.24) is 15.6 Å². The minimum atomic E-state index is -0.0415. The van der Waals surface area contributed by atoms with Gasteiger partial charge >= 0.3 is 6.03 Å². The highest BCUT2D eigenvalue weighted by Gasteiger charge is 2.15. The van der Waals surface area contributed by atoms with Crippen molar-refractivity contribution < 1.29 is 4.79 Å². The van der Waals surface area contributed by atoms with Gasteiger partial charge in [-0.1, -0.05) is 19.3 Å². The van der Waals surface area contributed by atoms with E-state index in [0.717, 1.165) is 29.8 Å². The second kappa shape index (κ2) is 5.94. The number of rotatable bonds is 3. The zero-order valence-corrected chi connectivity index (χ0v) is 11.3. The molecule has 0 saturated heterocycles.